The molecule has 0 radical (unpaired) electrons. The number of aliphatic carboxylic acids is 1. The summed E-state index contributed by atoms with van der Waals surface area (Å²) in [5, 5.41) is 10.5. The molecular weight excluding hydrogens is 418 g/mol. The summed E-state index contributed by atoms with van der Waals surface area (Å²) in [4.78, 5) is 14.6. The van der Waals surface area contributed by atoms with Crippen molar-refractivity contribution < 1.29 is 9.90 Å². The molecule has 0 aliphatic heterocycles. The lowest BCUT2D eigenvalue weighted by atomic mass is 9.70. The van der Waals surface area contributed by atoms with Gasteiger partial charge >= 0.3 is 5.97 Å². The molecule has 3 saturated carbocycles. The Bertz CT molecular complexity index is 706. The van der Waals surface area contributed by atoms with E-state index in [1.807, 2.05) is 12.1 Å². The Hall–Kier alpha value is -1.06. The van der Waals surface area contributed by atoms with Crippen molar-refractivity contribution in [3.63, 3.8) is 0 Å². The highest BCUT2D eigenvalue weighted by Gasteiger charge is 2.40. The van der Waals surface area contributed by atoms with Gasteiger partial charge in [-0.15, -0.1) is 0 Å². The second-order valence-corrected chi connectivity index (χ2v) is 11.3. The molecule has 1 aromatic carbocycles. The molecule has 3 nitrogen and oxygen atoms in total. The SMILES string of the molecule is O=C(O)CC1CCCC(N(CC2CCCCC2)CC2CCCCC2)C1c1cccc(Cl)c1. The van der Waals surface area contributed by atoms with Crippen LogP contribution in [0.3, 0.4) is 0 Å². The van der Waals surface area contributed by atoms with Crippen LogP contribution in [0.15, 0.2) is 24.3 Å². The predicted octanol–water partition coefficient (Wildman–Crippen LogP) is 7.53. The number of carboxylic acid groups (broad SMARTS) is 1. The number of halogens is 1. The molecule has 1 N–H and O–H groups in total. The number of carboxylic acids is 1. The van der Waals surface area contributed by atoms with Gasteiger partial charge in [-0.3, -0.25) is 9.69 Å². The molecule has 3 atom stereocenters. The van der Waals surface area contributed by atoms with Crippen LogP contribution in [-0.4, -0.2) is 35.1 Å². The lowest BCUT2D eigenvalue weighted by molar-refractivity contribution is -0.138. The maximum Gasteiger partial charge on any atom is 0.303 e. The van der Waals surface area contributed by atoms with E-state index in [1.54, 1.807) is 0 Å². The van der Waals surface area contributed by atoms with E-state index < -0.39 is 5.97 Å². The Morgan fingerprint density at radius 2 is 1.50 bits per heavy atom. The zero-order valence-electron chi connectivity index (χ0n) is 19.7. The van der Waals surface area contributed by atoms with E-state index in [0.29, 0.717) is 6.04 Å². The van der Waals surface area contributed by atoms with Gasteiger partial charge in [0.05, 0.1) is 0 Å². The van der Waals surface area contributed by atoms with Crippen LogP contribution in [-0.2, 0) is 4.79 Å². The highest BCUT2D eigenvalue weighted by atomic mass is 35.5. The van der Waals surface area contributed by atoms with Crippen molar-refractivity contribution in [2.75, 3.05) is 13.1 Å². The third-order valence-corrected chi connectivity index (χ3v) is 8.81. The minimum absolute atomic E-state index is 0.199. The molecule has 32 heavy (non-hydrogen) atoms. The summed E-state index contributed by atoms with van der Waals surface area (Å²) in [5.41, 5.74) is 1.26. The van der Waals surface area contributed by atoms with E-state index >= 15 is 0 Å². The summed E-state index contributed by atoms with van der Waals surface area (Å²) in [5.74, 6) is 1.43. The molecule has 3 unspecified atom stereocenters. The Morgan fingerprint density at radius 3 is 2.06 bits per heavy atom. The number of hydrogen-bond donors (Lipinski definition) is 1. The monoisotopic (exact) mass is 459 g/mol. The third-order valence-electron chi connectivity index (χ3n) is 8.57. The molecule has 0 saturated heterocycles. The van der Waals surface area contributed by atoms with Crippen LogP contribution in [0, 0.1) is 17.8 Å². The number of hydrogen-bond acceptors (Lipinski definition) is 2. The van der Waals surface area contributed by atoms with Gasteiger partial charge in [0.25, 0.3) is 0 Å². The van der Waals surface area contributed by atoms with Crippen molar-refractivity contribution in [2.24, 2.45) is 17.8 Å². The Balaban J connectivity index is 1.61. The predicted molar refractivity (Wildman–Crippen MR) is 132 cm³/mol. The molecule has 3 aliphatic carbocycles. The quantitative estimate of drug-likeness (QED) is 0.436. The molecular formula is C28H42ClNO2. The Morgan fingerprint density at radius 1 is 0.875 bits per heavy atom. The van der Waals surface area contributed by atoms with Crippen molar-refractivity contribution in [2.45, 2.75) is 102 Å². The average Bonchev–Trinajstić information content (AvgIpc) is 2.79. The molecule has 1 aromatic rings. The van der Waals surface area contributed by atoms with Crippen LogP contribution >= 0.6 is 11.6 Å². The van der Waals surface area contributed by atoms with Crippen LogP contribution in [0.4, 0.5) is 0 Å². The zero-order chi connectivity index (χ0) is 22.3. The van der Waals surface area contributed by atoms with E-state index in [2.05, 4.69) is 17.0 Å². The van der Waals surface area contributed by atoms with Gasteiger partial charge < -0.3 is 5.11 Å². The van der Waals surface area contributed by atoms with Gasteiger partial charge in [0, 0.05) is 36.5 Å². The lowest BCUT2D eigenvalue weighted by Crippen LogP contribution is -2.48. The first-order valence-electron chi connectivity index (χ1n) is 13.3. The number of rotatable bonds is 8. The summed E-state index contributed by atoms with van der Waals surface area (Å²) in [6, 6.07) is 8.74. The number of nitrogens with zero attached hydrogens (tertiary/aromatic N) is 1. The van der Waals surface area contributed by atoms with Crippen molar-refractivity contribution in [1.82, 2.24) is 4.90 Å². The molecule has 0 aromatic heterocycles. The van der Waals surface area contributed by atoms with E-state index in [-0.39, 0.29) is 18.3 Å². The van der Waals surface area contributed by atoms with Crippen LogP contribution in [0.25, 0.3) is 0 Å². The largest absolute Gasteiger partial charge is 0.481 e. The summed E-state index contributed by atoms with van der Waals surface area (Å²) in [6.45, 7) is 2.41. The maximum absolute atomic E-state index is 11.8. The first-order valence-corrected chi connectivity index (χ1v) is 13.7. The van der Waals surface area contributed by atoms with E-state index in [0.717, 1.165) is 29.7 Å². The van der Waals surface area contributed by atoms with Crippen LogP contribution in [0.2, 0.25) is 5.02 Å². The van der Waals surface area contributed by atoms with Gasteiger partial charge in [0.2, 0.25) is 0 Å². The van der Waals surface area contributed by atoms with Crippen molar-refractivity contribution in [3.8, 4) is 0 Å². The molecule has 0 bridgehead atoms. The number of carbonyl (C=O) groups is 1. The Labute approximate surface area is 199 Å². The lowest BCUT2D eigenvalue weighted by Gasteiger charge is -2.47. The minimum Gasteiger partial charge on any atom is -0.481 e. The Kier molecular flexibility index (Phi) is 8.94. The van der Waals surface area contributed by atoms with Gasteiger partial charge in [0.1, 0.15) is 0 Å². The molecule has 4 rings (SSSR count). The average molecular weight is 460 g/mol. The van der Waals surface area contributed by atoms with Crippen molar-refractivity contribution >= 4 is 17.6 Å². The topological polar surface area (TPSA) is 40.5 Å². The van der Waals surface area contributed by atoms with Gasteiger partial charge in [-0.25, -0.2) is 0 Å². The van der Waals surface area contributed by atoms with E-state index in [9.17, 15) is 9.90 Å². The third kappa shape index (κ3) is 6.50. The van der Waals surface area contributed by atoms with E-state index in [4.69, 9.17) is 11.6 Å². The highest BCUT2D eigenvalue weighted by molar-refractivity contribution is 6.30. The molecule has 178 valence electrons. The maximum atomic E-state index is 11.8. The molecule has 0 heterocycles. The van der Waals surface area contributed by atoms with Gasteiger partial charge in [-0.1, -0.05) is 68.7 Å². The molecule has 0 amide bonds. The smallest absolute Gasteiger partial charge is 0.303 e. The summed E-state index contributed by atoms with van der Waals surface area (Å²) in [6.07, 6.45) is 17.4. The highest BCUT2D eigenvalue weighted by Crippen LogP contribution is 2.44. The second-order valence-electron chi connectivity index (χ2n) is 10.9. The van der Waals surface area contributed by atoms with Crippen LogP contribution in [0.5, 0.6) is 0 Å². The van der Waals surface area contributed by atoms with Gasteiger partial charge in [0.15, 0.2) is 0 Å². The van der Waals surface area contributed by atoms with Crippen LogP contribution < -0.4 is 0 Å². The van der Waals surface area contributed by atoms with Crippen LogP contribution in [0.1, 0.15) is 101 Å². The fourth-order valence-electron chi connectivity index (χ4n) is 7.08. The van der Waals surface area contributed by atoms with Gasteiger partial charge in [-0.2, -0.15) is 0 Å². The molecule has 3 fully saturated rings. The minimum atomic E-state index is -0.659. The van der Waals surface area contributed by atoms with Gasteiger partial charge in [-0.05, 0) is 74.0 Å². The first kappa shape index (κ1) is 24.1. The standard InChI is InChI=1S/C28H42ClNO2/c29-25-15-7-13-23(17-25)28-24(18-27(31)32)14-8-16-26(28)30(19-21-9-3-1-4-10-21)20-22-11-5-2-6-12-22/h7,13,15,17,21-22,24,26,28H,1-6,8-12,14,16,18-20H2,(H,31,32). The van der Waals surface area contributed by atoms with Crippen molar-refractivity contribution in [1.29, 1.82) is 0 Å². The molecule has 3 aliphatic rings. The normalized spacial score (nSPS) is 28.1. The summed E-state index contributed by atoms with van der Waals surface area (Å²) < 4.78 is 0. The second kappa shape index (κ2) is 11.9. The number of benzene rings is 1. The molecule has 0 spiro atoms. The van der Waals surface area contributed by atoms with E-state index in [1.165, 1.54) is 89.3 Å². The fourth-order valence-corrected chi connectivity index (χ4v) is 7.28. The summed E-state index contributed by atoms with van der Waals surface area (Å²) >= 11 is 6.43. The summed E-state index contributed by atoms with van der Waals surface area (Å²) in [7, 11) is 0. The van der Waals surface area contributed by atoms with Crippen molar-refractivity contribution in [3.05, 3.63) is 34.9 Å². The zero-order valence-corrected chi connectivity index (χ0v) is 20.4. The fraction of sp³-hybridized carbons (Fsp3) is 0.750. The first-order chi connectivity index (χ1) is 15.6. The molecule has 4 heteroatoms.